The van der Waals surface area contributed by atoms with Crippen LogP contribution in [0.1, 0.15) is 24.8 Å². The van der Waals surface area contributed by atoms with E-state index in [9.17, 15) is 18.3 Å². The molecule has 6 nitrogen and oxygen atoms in total. The molecule has 1 saturated carbocycles. The molecule has 0 amide bonds. The van der Waals surface area contributed by atoms with Crippen LogP contribution in [0.2, 0.25) is 0 Å². The summed E-state index contributed by atoms with van der Waals surface area (Å²) in [6.45, 7) is 0.125. The standard InChI is InChI=1S/C14H16N2O4S/c1-16(10-2-9-15)21(19,20)12-5-3-11(4-6-12)14(7-8-14)13(17)18/h3-6H,2,7-8,10H2,1H3,(H,17,18). The van der Waals surface area contributed by atoms with Gasteiger partial charge in [0, 0.05) is 20.0 Å². The highest BCUT2D eigenvalue weighted by Gasteiger charge is 2.51. The Morgan fingerprint density at radius 2 is 1.95 bits per heavy atom. The maximum absolute atomic E-state index is 12.2. The number of nitriles is 1. The number of rotatable bonds is 6. The van der Waals surface area contributed by atoms with E-state index in [0.29, 0.717) is 18.4 Å². The van der Waals surface area contributed by atoms with E-state index in [-0.39, 0.29) is 17.9 Å². The molecule has 0 aromatic heterocycles. The zero-order valence-electron chi connectivity index (χ0n) is 11.6. The van der Waals surface area contributed by atoms with Crippen molar-refractivity contribution in [3.63, 3.8) is 0 Å². The predicted octanol–water partition coefficient (Wildman–Crippen LogP) is 1.34. The molecule has 21 heavy (non-hydrogen) atoms. The van der Waals surface area contributed by atoms with Crippen LogP contribution in [0.15, 0.2) is 29.2 Å². The fourth-order valence-corrected chi connectivity index (χ4v) is 3.38. The second-order valence-electron chi connectivity index (χ2n) is 5.15. The third-order valence-electron chi connectivity index (χ3n) is 3.81. The van der Waals surface area contributed by atoms with Crippen LogP contribution in [0.25, 0.3) is 0 Å². The van der Waals surface area contributed by atoms with Crippen LogP contribution >= 0.6 is 0 Å². The second-order valence-corrected chi connectivity index (χ2v) is 7.19. The molecule has 0 bridgehead atoms. The van der Waals surface area contributed by atoms with Gasteiger partial charge in [0.05, 0.1) is 16.4 Å². The van der Waals surface area contributed by atoms with Gasteiger partial charge in [0.1, 0.15) is 0 Å². The zero-order valence-corrected chi connectivity index (χ0v) is 12.4. The molecular formula is C14H16N2O4S. The van der Waals surface area contributed by atoms with Crippen LogP contribution in [0.3, 0.4) is 0 Å². The summed E-state index contributed by atoms with van der Waals surface area (Å²) in [7, 11) is -2.22. The Labute approximate surface area is 123 Å². The molecule has 0 saturated heterocycles. The average molecular weight is 308 g/mol. The molecule has 1 N–H and O–H groups in total. The molecule has 1 aliphatic carbocycles. The van der Waals surface area contributed by atoms with Crippen LogP contribution in [-0.2, 0) is 20.2 Å². The summed E-state index contributed by atoms with van der Waals surface area (Å²) in [5.74, 6) is -0.871. The highest BCUT2D eigenvalue weighted by Crippen LogP contribution is 2.48. The van der Waals surface area contributed by atoms with E-state index in [1.807, 2.05) is 6.07 Å². The second kappa shape index (κ2) is 5.47. The minimum absolute atomic E-state index is 0.105. The monoisotopic (exact) mass is 308 g/mol. The van der Waals surface area contributed by atoms with Crippen molar-refractivity contribution in [3.05, 3.63) is 29.8 Å². The minimum Gasteiger partial charge on any atom is -0.481 e. The SMILES string of the molecule is CN(CCC#N)S(=O)(=O)c1ccc(C2(C(=O)O)CC2)cc1. The lowest BCUT2D eigenvalue weighted by Crippen LogP contribution is -2.28. The van der Waals surface area contributed by atoms with Gasteiger partial charge in [0.15, 0.2) is 0 Å². The molecule has 7 heteroatoms. The van der Waals surface area contributed by atoms with Crippen molar-refractivity contribution in [2.45, 2.75) is 29.6 Å². The molecule has 0 spiro atoms. The van der Waals surface area contributed by atoms with Crippen molar-refractivity contribution in [2.75, 3.05) is 13.6 Å². The van der Waals surface area contributed by atoms with Gasteiger partial charge in [0.2, 0.25) is 10.0 Å². The molecule has 0 unspecified atom stereocenters. The molecule has 0 atom stereocenters. The van der Waals surface area contributed by atoms with E-state index in [1.54, 1.807) is 12.1 Å². The van der Waals surface area contributed by atoms with Gasteiger partial charge in [-0.15, -0.1) is 0 Å². The maximum Gasteiger partial charge on any atom is 0.314 e. The highest BCUT2D eigenvalue weighted by atomic mass is 32.2. The summed E-state index contributed by atoms with van der Waals surface area (Å²) >= 11 is 0. The number of hydrogen-bond donors (Lipinski definition) is 1. The van der Waals surface area contributed by atoms with Crippen LogP contribution < -0.4 is 0 Å². The van der Waals surface area contributed by atoms with Crippen molar-refractivity contribution in [3.8, 4) is 6.07 Å². The number of sulfonamides is 1. The summed E-state index contributed by atoms with van der Waals surface area (Å²) in [5, 5.41) is 17.7. The Morgan fingerprint density at radius 1 is 1.38 bits per heavy atom. The Bertz CT molecular complexity index is 685. The molecule has 2 rings (SSSR count). The van der Waals surface area contributed by atoms with Crippen LogP contribution in [0, 0.1) is 11.3 Å². The van der Waals surface area contributed by atoms with Crippen molar-refractivity contribution >= 4 is 16.0 Å². The molecule has 112 valence electrons. The van der Waals surface area contributed by atoms with Crippen molar-refractivity contribution in [1.82, 2.24) is 4.31 Å². The summed E-state index contributed by atoms with van der Waals surface area (Å²) in [5.41, 5.74) is -0.205. The lowest BCUT2D eigenvalue weighted by Gasteiger charge is -2.16. The van der Waals surface area contributed by atoms with Gasteiger partial charge in [0.25, 0.3) is 0 Å². The smallest absolute Gasteiger partial charge is 0.314 e. The van der Waals surface area contributed by atoms with E-state index in [1.165, 1.54) is 19.2 Å². The lowest BCUT2D eigenvalue weighted by atomic mass is 9.96. The van der Waals surface area contributed by atoms with Gasteiger partial charge in [-0.3, -0.25) is 4.79 Å². The lowest BCUT2D eigenvalue weighted by molar-refractivity contribution is -0.140. The van der Waals surface area contributed by atoms with Gasteiger partial charge >= 0.3 is 5.97 Å². The number of benzene rings is 1. The van der Waals surface area contributed by atoms with Crippen LogP contribution in [-0.4, -0.2) is 37.4 Å². The number of aliphatic carboxylic acids is 1. The highest BCUT2D eigenvalue weighted by molar-refractivity contribution is 7.89. The van der Waals surface area contributed by atoms with Gasteiger partial charge in [-0.1, -0.05) is 12.1 Å². The van der Waals surface area contributed by atoms with E-state index >= 15 is 0 Å². The fourth-order valence-electron chi connectivity index (χ4n) is 2.20. The molecule has 1 fully saturated rings. The molecule has 1 aliphatic rings. The Kier molecular flexibility index (Phi) is 4.03. The van der Waals surface area contributed by atoms with Crippen molar-refractivity contribution in [1.29, 1.82) is 5.26 Å². The first kappa shape index (κ1) is 15.5. The Balaban J connectivity index is 2.23. The van der Waals surface area contributed by atoms with Gasteiger partial charge in [-0.2, -0.15) is 9.57 Å². The van der Waals surface area contributed by atoms with E-state index in [2.05, 4.69) is 0 Å². The van der Waals surface area contributed by atoms with Gasteiger partial charge in [-0.05, 0) is 30.5 Å². The molecule has 1 aromatic carbocycles. The largest absolute Gasteiger partial charge is 0.481 e. The molecule has 0 aliphatic heterocycles. The summed E-state index contributed by atoms with van der Waals surface area (Å²) in [6.07, 6.45) is 1.28. The third kappa shape index (κ3) is 2.77. The quantitative estimate of drug-likeness (QED) is 0.855. The average Bonchev–Trinajstić information content (AvgIpc) is 3.26. The molecule has 0 heterocycles. The summed E-state index contributed by atoms with van der Waals surface area (Å²) in [4.78, 5) is 11.3. The number of carboxylic acids is 1. The minimum atomic E-state index is -3.64. The number of carbonyl (C=O) groups is 1. The van der Waals surface area contributed by atoms with Crippen molar-refractivity contribution < 1.29 is 18.3 Å². The molecular weight excluding hydrogens is 292 g/mol. The van der Waals surface area contributed by atoms with Crippen LogP contribution in [0.4, 0.5) is 0 Å². The zero-order chi connectivity index (χ0) is 15.7. The molecule has 1 aromatic rings. The van der Waals surface area contributed by atoms with Crippen molar-refractivity contribution in [2.24, 2.45) is 0 Å². The topological polar surface area (TPSA) is 98.5 Å². The first-order valence-electron chi connectivity index (χ1n) is 6.52. The van der Waals surface area contributed by atoms with Crippen LogP contribution in [0.5, 0.6) is 0 Å². The fraction of sp³-hybridized carbons (Fsp3) is 0.429. The Hall–Kier alpha value is -1.91. The van der Waals surface area contributed by atoms with E-state index < -0.39 is 21.4 Å². The van der Waals surface area contributed by atoms with E-state index in [0.717, 1.165) is 4.31 Å². The molecule has 0 radical (unpaired) electrons. The third-order valence-corrected chi connectivity index (χ3v) is 5.68. The first-order valence-corrected chi connectivity index (χ1v) is 7.96. The van der Waals surface area contributed by atoms with Gasteiger partial charge < -0.3 is 5.11 Å². The summed E-state index contributed by atoms with van der Waals surface area (Å²) < 4.78 is 25.6. The number of nitrogens with zero attached hydrogens (tertiary/aromatic N) is 2. The number of carboxylic acid groups (broad SMARTS) is 1. The summed E-state index contributed by atoms with van der Waals surface area (Å²) in [6, 6.07) is 7.88. The first-order chi connectivity index (χ1) is 9.84. The van der Waals surface area contributed by atoms with E-state index in [4.69, 9.17) is 5.26 Å². The normalized spacial score (nSPS) is 16.4. The van der Waals surface area contributed by atoms with Gasteiger partial charge in [-0.25, -0.2) is 8.42 Å². The Morgan fingerprint density at radius 3 is 2.38 bits per heavy atom. The number of hydrogen-bond acceptors (Lipinski definition) is 4. The predicted molar refractivity (Wildman–Crippen MR) is 75.0 cm³/mol. The maximum atomic E-state index is 12.2.